The number of oxazole rings is 1. The Morgan fingerprint density at radius 1 is 1.41 bits per heavy atom. The molecule has 3 N–H and O–H groups in total. The van der Waals surface area contributed by atoms with Crippen LogP contribution in [-0.4, -0.2) is 10.9 Å². The van der Waals surface area contributed by atoms with E-state index in [0.29, 0.717) is 0 Å². The van der Waals surface area contributed by atoms with Crippen molar-refractivity contribution >= 4 is 17.6 Å². The van der Waals surface area contributed by atoms with E-state index in [9.17, 15) is 4.79 Å². The van der Waals surface area contributed by atoms with Gasteiger partial charge in [-0.1, -0.05) is 12.1 Å². The van der Waals surface area contributed by atoms with Crippen LogP contribution in [0, 0.1) is 13.8 Å². The number of amides is 1. The Labute approximate surface area is 98.6 Å². The molecule has 1 aromatic carbocycles. The smallest absolute Gasteiger partial charge is 0.292 e. The van der Waals surface area contributed by atoms with E-state index >= 15 is 0 Å². The number of carbonyl (C=O) groups is 1. The minimum Gasteiger partial charge on any atom is -0.431 e. The molecule has 0 radical (unpaired) electrons. The number of nitrogens with two attached hydrogens (primary N) is 1. The van der Waals surface area contributed by atoms with Gasteiger partial charge in [0.25, 0.3) is 11.9 Å². The van der Waals surface area contributed by atoms with Gasteiger partial charge in [0.05, 0.1) is 0 Å². The van der Waals surface area contributed by atoms with Crippen molar-refractivity contribution in [2.75, 3.05) is 11.1 Å². The van der Waals surface area contributed by atoms with Crippen LogP contribution >= 0.6 is 0 Å². The number of aryl methyl sites for hydroxylation is 2. The van der Waals surface area contributed by atoms with E-state index in [2.05, 4.69) is 10.3 Å². The molecule has 5 nitrogen and oxygen atoms in total. The molecule has 0 aliphatic heterocycles. The van der Waals surface area contributed by atoms with E-state index in [1.807, 2.05) is 32.0 Å². The molecular formula is C12H13N3O2. The fourth-order valence-electron chi connectivity index (χ4n) is 1.45. The highest BCUT2D eigenvalue weighted by molar-refractivity contribution is 6.03. The largest absolute Gasteiger partial charge is 0.431 e. The van der Waals surface area contributed by atoms with Gasteiger partial charge >= 0.3 is 0 Å². The first-order valence-electron chi connectivity index (χ1n) is 5.16. The van der Waals surface area contributed by atoms with Crippen LogP contribution in [0.15, 0.2) is 28.9 Å². The van der Waals surface area contributed by atoms with Crippen LogP contribution in [0.2, 0.25) is 0 Å². The first-order valence-corrected chi connectivity index (χ1v) is 5.16. The standard InChI is InChI=1S/C12H13N3O2/c1-7-3-4-8(2)9(5-7)14-11(16)10-6-17-12(13)15-10/h3-6H,1-2H3,(H2,13,15)(H,14,16). The summed E-state index contributed by atoms with van der Waals surface area (Å²) in [7, 11) is 0. The van der Waals surface area contributed by atoms with Crippen molar-refractivity contribution in [3.8, 4) is 0 Å². The van der Waals surface area contributed by atoms with Gasteiger partial charge in [0.15, 0.2) is 5.69 Å². The third-order valence-corrected chi connectivity index (χ3v) is 2.40. The summed E-state index contributed by atoms with van der Waals surface area (Å²) in [5, 5.41) is 2.76. The van der Waals surface area contributed by atoms with Gasteiger partial charge in [-0.2, -0.15) is 4.98 Å². The lowest BCUT2D eigenvalue weighted by molar-refractivity contribution is 0.102. The molecule has 0 unspecified atom stereocenters. The minimum absolute atomic E-state index is 0.0175. The van der Waals surface area contributed by atoms with Gasteiger partial charge in [0.2, 0.25) is 0 Å². The molecule has 0 aliphatic rings. The van der Waals surface area contributed by atoms with E-state index in [1.165, 1.54) is 6.26 Å². The van der Waals surface area contributed by atoms with Gasteiger partial charge in [-0.25, -0.2) is 0 Å². The number of nitrogens with zero attached hydrogens (tertiary/aromatic N) is 1. The summed E-state index contributed by atoms with van der Waals surface area (Å²) < 4.78 is 4.78. The Kier molecular flexibility index (Phi) is 2.82. The molecule has 0 atom stereocenters. The van der Waals surface area contributed by atoms with Crippen LogP contribution in [0.5, 0.6) is 0 Å². The second kappa shape index (κ2) is 4.29. The Bertz CT molecular complexity index is 561. The molecule has 0 bridgehead atoms. The molecule has 2 aromatic rings. The van der Waals surface area contributed by atoms with Crippen molar-refractivity contribution in [3.05, 3.63) is 41.3 Å². The number of carbonyl (C=O) groups excluding carboxylic acids is 1. The zero-order valence-electron chi connectivity index (χ0n) is 9.65. The van der Waals surface area contributed by atoms with Crippen LogP contribution in [0.1, 0.15) is 21.6 Å². The molecule has 1 amide bonds. The Balaban J connectivity index is 2.21. The molecule has 2 rings (SSSR count). The molecule has 0 saturated carbocycles. The number of hydrogen-bond acceptors (Lipinski definition) is 4. The molecule has 0 spiro atoms. The number of benzene rings is 1. The minimum atomic E-state index is -0.334. The number of nitrogen functional groups attached to an aromatic ring is 1. The number of nitrogens with one attached hydrogen (secondary N) is 1. The maximum Gasteiger partial charge on any atom is 0.292 e. The normalized spacial score (nSPS) is 10.2. The van der Waals surface area contributed by atoms with E-state index < -0.39 is 0 Å². The predicted octanol–water partition coefficient (Wildman–Crippen LogP) is 2.13. The average molecular weight is 231 g/mol. The van der Waals surface area contributed by atoms with Crippen molar-refractivity contribution in [1.82, 2.24) is 4.98 Å². The summed E-state index contributed by atoms with van der Waals surface area (Å²) in [6.07, 6.45) is 1.23. The van der Waals surface area contributed by atoms with E-state index in [0.717, 1.165) is 16.8 Å². The van der Waals surface area contributed by atoms with Gasteiger partial charge in [-0.05, 0) is 31.0 Å². The zero-order valence-corrected chi connectivity index (χ0v) is 9.65. The third-order valence-electron chi connectivity index (χ3n) is 2.40. The fourth-order valence-corrected chi connectivity index (χ4v) is 1.45. The summed E-state index contributed by atoms with van der Waals surface area (Å²) in [6, 6.07) is 5.81. The third kappa shape index (κ3) is 2.44. The summed E-state index contributed by atoms with van der Waals surface area (Å²) in [5.41, 5.74) is 8.30. The molecule has 0 saturated heterocycles. The highest BCUT2D eigenvalue weighted by atomic mass is 16.4. The first kappa shape index (κ1) is 11.2. The molecule has 17 heavy (non-hydrogen) atoms. The van der Waals surface area contributed by atoms with Gasteiger partial charge in [0.1, 0.15) is 6.26 Å². The van der Waals surface area contributed by atoms with E-state index in [-0.39, 0.29) is 17.6 Å². The van der Waals surface area contributed by atoms with Gasteiger partial charge in [-0.3, -0.25) is 4.79 Å². The number of aromatic nitrogens is 1. The maximum atomic E-state index is 11.8. The molecule has 1 heterocycles. The molecule has 88 valence electrons. The van der Waals surface area contributed by atoms with Crippen LogP contribution in [0.4, 0.5) is 11.7 Å². The highest BCUT2D eigenvalue weighted by Gasteiger charge is 2.12. The van der Waals surface area contributed by atoms with Crippen LogP contribution < -0.4 is 11.1 Å². The maximum absolute atomic E-state index is 11.8. The summed E-state index contributed by atoms with van der Waals surface area (Å²) >= 11 is 0. The van der Waals surface area contributed by atoms with Crippen molar-refractivity contribution in [2.24, 2.45) is 0 Å². The van der Waals surface area contributed by atoms with Crippen LogP contribution in [0.3, 0.4) is 0 Å². The second-order valence-electron chi connectivity index (χ2n) is 3.84. The average Bonchev–Trinajstić information content (AvgIpc) is 2.70. The number of rotatable bonds is 2. The molecular weight excluding hydrogens is 218 g/mol. The van der Waals surface area contributed by atoms with Gasteiger partial charge in [-0.15, -0.1) is 0 Å². The number of hydrogen-bond donors (Lipinski definition) is 2. The summed E-state index contributed by atoms with van der Waals surface area (Å²) in [4.78, 5) is 15.6. The van der Waals surface area contributed by atoms with Crippen LogP contribution in [0.25, 0.3) is 0 Å². The molecule has 0 aliphatic carbocycles. The van der Waals surface area contributed by atoms with Crippen molar-refractivity contribution in [3.63, 3.8) is 0 Å². The van der Waals surface area contributed by atoms with Gasteiger partial charge in [0, 0.05) is 5.69 Å². The molecule has 1 aromatic heterocycles. The SMILES string of the molecule is Cc1ccc(C)c(NC(=O)c2coc(N)n2)c1. The van der Waals surface area contributed by atoms with E-state index in [4.69, 9.17) is 10.2 Å². The summed E-state index contributed by atoms with van der Waals surface area (Å²) in [5.74, 6) is -0.334. The van der Waals surface area contributed by atoms with Crippen molar-refractivity contribution < 1.29 is 9.21 Å². The van der Waals surface area contributed by atoms with Gasteiger partial charge < -0.3 is 15.5 Å². The quantitative estimate of drug-likeness (QED) is 0.829. The highest BCUT2D eigenvalue weighted by Crippen LogP contribution is 2.17. The Morgan fingerprint density at radius 3 is 2.82 bits per heavy atom. The lowest BCUT2D eigenvalue weighted by Crippen LogP contribution is -2.13. The Hall–Kier alpha value is -2.30. The zero-order chi connectivity index (χ0) is 12.4. The number of anilines is 2. The fraction of sp³-hybridized carbons (Fsp3) is 0.167. The molecule has 0 fully saturated rings. The van der Waals surface area contributed by atoms with Crippen LogP contribution in [-0.2, 0) is 0 Å². The molecule has 5 heteroatoms. The monoisotopic (exact) mass is 231 g/mol. The second-order valence-corrected chi connectivity index (χ2v) is 3.84. The predicted molar refractivity (Wildman–Crippen MR) is 64.8 cm³/mol. The Morgan fingerprint density at radius 2 is 2.18 bits per heavy atom. The first-order chi connectivity index (χ1) is 8.06. The summed E-state index contributed by atoms with van der Waals surface area (Å²) in [6.45, 7) is 3.88. The van der Waals surface area contributed by atoms with Crippen molar-refractivity contribution in [1.29, 1.82) is 0 Å². The lowest BCUT2D eigenvalue weighted by atomic mass is 10.1. The topological polar surface area (TPSA) is 81.2 Å². The van der Waals surface area contributed by atoms with Crippen molar-refractivity contribution in [2.45, 2.75) is 13.8 Å². The van der Waals surface area contributed by atoms with E-state index in [1.54, 1.807) is 0 Å². The lowest BCUT2D eigenvalue weighted by Gasteiger charge is -2.07.